The van der Waals surface area contributed by atoms with E-state index in [1.54, 1.807) is 0 Å². The zero-order valence-electron chi connectivity index (χ0n) is 17.4. The number of aromatic amines is 2. The molecule has 0 spiro atoms. The Morgan fingerprint density at radius 1 is 1.00 bits per heavy atom. The normalized spacial score (nSPS) is 15.5. The molecule has 32 heavy (non-hydrogen) atoms. The summed E-state index contributed by atoms with van der Waals surface area (Å²) in [5.74, 6) is 0.481. The summed E-state index contributed by atoms with van der Waals surface area (Å²) in [5.41, 5.74) is 1.64. The highest BCUT2D eigenvalue weighted by atomic mass is 16.6. The second kappa shape index (κ2) is 8.08. The highest BCUT2D eigenvalue weighted by Crippen LogP contribution is 2.33. The van der Waals surface area contributed by atoms with Gasteiger partial charge in [-0.1, -0.05) is 18.2 Å². The third kappa shape index (κ3) is 3.60. The fraction of sp³-hybridized carbons (Fsp3) is 0.304. The fourth-order valence-electron chi connectivity index (χ4n) is 4.70. The van der Waals surface area contributed by atoms with Gasteiger partial charge in [0.25, 0.3) is 11.2 Å². The molecule has 4 aromatic rings. The lowest BCUT2D eigenvalue weighted by molar-refractivity contribution is -0.384. The van der Waals surface area contributed by atoms with Crippen LogP contribution in [-0.4, -0.2) is 44.0 Å². The van der Waals surface area contributed by atoms with E-state index in [1.165, 1.54) is 29.1 Å². The summed E-state index contributed by atoms with van der Waals surface area (Å²) >= 11 is 0. The monoisotopic (exact) mass is 433 g/mol. The van der Waals surface area contributed by atoms with E-state index in [1.807, 2.05) is 6.07 Å². The summed E-state index contributed by atoms with van der Waals surface area (Å²) in [6.45, 7) is 2.58. The molecule has 1 fully saturated rings. The Labute approximate surface area is 182 Å². The van der Waals surface area contributed by atoms with Crippen molar-refractivity contribution in [2.24, 2.45) is 0 Å². The molecule has 1 aliphatic rings. The van der Waals surface area contributed by atoms with E-state index in [4.69, 9.17) is 0 Å². The van der Waals surface area contributed by atoms with Gasteiger partial charge in [-0.05, 0) is 49.5 Å². The predicted molar refractivity (Wildman–Crippen MR) is 122 cm³/mol. The van der Waals surface area contributed by atoms with Gasteiger partial charge in [0.15, 0.2) is 0 Å². The summed E-state index contributed by atoms with van der Waals surface area (Å²) in [6, 6.07) is 12.2. The highest BCUT2D eigenvalue weighted by Gasteiger charge is 2.23. The predicted octanol–water partition coefficient (Wildman–Crippen LogP) is 2.96. The molecule has 3 heterocycles. The van der Waals surface area contributed by atoms with E-state index >= 15 is 0 Å². The number of nitrogens with one attached hydrogen (secondary N) is 2. The first-order valence-electron chi connectivity index (χ1n) is 10.7. The van der Waals surface area contributed by atoms with Gasteiger partial charge in [0.05, 0.1) is 15.8 Å². The Balaban J connectivity index is 1.29. The van der Waals surface area contributed by atoms with Gasteiger partial charge >= 0.3 is 5.69 Å². The molecular formula is C23H23N5O4. The van der Waals surface area contributed by atoms with Crippen LogP contribution in [0.2, 0.25) is 0 Å². The molecule has 2 aromatic heterocycles. The van der Waals surface area contributed by atoms with Crippen LogP contribution in [0.4, 0.5) is 5.69 Å². The smallest absolute Gasteiger partial charge is 0.328 e. The molecule has 0 saturated carbocycles. The molecule has 9 heteroatoms. The summed E-state index contributed by atoms with van der Waals surface area (Å²) in [6.07, 6.45) is 4.13. The number of rotatable bonds is 5. The van der Waals surface area contributed by atoms with Gasteiger partial charge in [-0.3, -0.25) is 19.5 Å². The van der Waals surface area contributed by atoms with Crippen molar-refractivity contribution in [3.63, 3.8) is 0 Å². The molecule has 5 rings (SSSR count). The second-order valence-electron chi connectivity index (χ2n) is 8.28. The summed E-state index contributed by atoms with van der Waals surface area (Å²) < 4.78 is 1.14. The van der Waals surface area contributed by atoms with Crippen LogP contribution in [0.5, 0.6) is 0 Å². The third-order valence-corrected chi connectivity index (χ3v) is 6.46. The van der Waals surface area contributed by atoms with E-state index in [2.05, 4.69) is 39.3 Å². The van der Waals surface area contributed by atoms with Crippen molar-refractivity contribution in [3.05, 3.63) is 85.2 Å². The lowest BCUT2D eigenvalue weighted by Crippen LogP contribution is -2.41. The number of piperidine rings is 1. The number of hydrogen-bond acceptors (Lipinski definition) is 5. The number of H-pyrrole nitrogens is 2. The Morgan fingerprint density at radius 2 is 1.78 bits per heavy atom. The van der Waals surface area contributed by atoms with Gasteiger partial charge < -0.3 is 14.9 Å². The van der Waals surface area contributed by atoms with Crippen molar-refractivity contribution in [2.75, 3.05) is 19.6 Å². The Kier molecular flexibility index (Phi) is 5.10. The first-order chi connectivity index (χ1) is 15.5. The topological polar surface area (TPSA) is 117 Å². The van der Waals surface area contributed by atoms with Crippen molar-refractivity contribution in [1.82, 2.24) is 19.4 Å². The fourth-order valence-corrected chi connectivity index (χ4v) is 4.70. The Morgan fingerprint density at radius 3 is 2.56 bits per heavy atom. The SMILES string of the molecule is O=c1[nH]c2ccc([N+](=O)[O-])cc2c(=O)n1CCN1CCC(c2c[nH]c3ccccc23)CC1. The highest BCUT2D eigenvalue weighted by molar-refractivity contribution is 5.83. The van der Waals surface area contributed by atoms with E-state index in [-0.39, 0.29) is 17.6 Å². The van der Waals surface area contributed by atoms with Gasteiger partial charge in [-0.25, -0.2) is 4.79 Å². The van der Waals surface area contributed by atoms with Crippen molar-refractivity contribution in [2.45, 2.75) is 25.3 Å². The minimum absolute atomic E-state index is 0.150. The minimum Gasteiger partial charge on any atom is -0.361 e. The van der Waals surface area contributed by atoms with Crippen LogP contribution < -0.4 is 11.2 Å². The molecule has 0 bridgehead atoms. The minimum atomic E-state index is -0.549. The summed E-state index contributed by atoms with van der Waals surface area (Å²) in [5, 5.41) is 12.5. The molecule has 9 nitrogen and oxygen atoms in total. The number of para-hydroxylation sites is 1. The van der Waals surface area contributed by atoms with E-state index < -0.39 is 16.2 Å². The summed E-state index contributed by atoms with van der Waals surface area (Å²) in [4.78, 5) is 44.0. The number of aromatic nitrogens is 3. The van der Waals surface area contributed by atoms with Gasteiger partial charge in [-0.15, -0.1) is 0 Å². The number of likely N-dealkylation sites (tertiary alicyclic amines) is 1. The average Bonchev–Trinajstić information content (AvgIpc) is 3.23. The second-order valence-corrected chi connectivity index (χ2v) is 8.28. The van der Waals surface area contributed by atoms with E-state index in [0.29, 0.717) is 18.0 Å². The van der Waals surface area contributed by atoms with Gasteiger partial charge in [-0.2, -0.15) is 0 Å². The van der Waals surface area contributed by atoms with Gasteiger partial charge in [0.1, 0.15) is 0 Å². The molecule has 1 aliphatic heterocycles. The maximum absolute atomic E-state index is 12.8. The first-order valence-corrected chi connectivity index (χ1v) is 10.7. The molecule has 0 amide bonds. The molecule has 2 aromatic carbocycles. The van der Waals surface area contributed by atoms with Crippen LogP contribution in [0.25, 0.3) is 21.8 Å². The van der Waals surface area contributed by atoms with Crippen LogP contribution in [0, 0.1) is 10.1 Å². The first kappa shape index (κ1) is 20.2. The molecule has 0 unspecified atom stereocenters. The van der Waals surface area contributed by atoms with Gasteiger partial charge in [0, 0.05) is 42.3 Å². The number of fused-ring (bicyclic) bond motifs is 2. The maximum atomic E-state index is 12.8. The largest absolute Gasteiger partial charge is 0.361 e. The Bertz CT molecular complexity index is 1430. The zero-order chi connectivity index (χ0) is 22.2. The van der Waals surface area contributed by atoms with Crippen LogP contribution >= 0.6 is 0 Å². The number of nitro groups is 1. The van der Waals surface area contributed by atoms with Crippen LogP contribution in [0.3, 0.4) is 0 Å². The molecular weight excluding hydrogens is 410 g/mol. The molecule has 0 atom stereocenters. The standard InChI is InChI=1S/C23H23N5O4/c29-22-18-13-16(28(31)32)5-6-21(18)25-23(30)27(22)12-11-26-9-7-15(8-10-26)19-14-24-20-4-2-1-3-17(19)20/h1-6,13-15,24H,7-12H2,(H,25,30). The van der Waals surface area contributed by atoms with Crippen molar-refractivity contribution < 1.29 is 4.92 Å². The third-order valence-electron chi connectivity index (χ3n) is 6.46. The molecule has 0 radical (unpaired) electrons. The number of hydrogen-bond donors (Lipinski definition) is 2. The number of nitrogens with zero attached hydrogens (tertiary/aromatic N) is 3. The quantitative estimate of drug-likeness (QED) is 0.371. The van der Waals surface area contributed by atoms with Crippen molar-refractivity contribution >= 4 is 27.5 Å². The van der Waals surface area contributed by atoms with Crippen LogP contribution in [0.1, 0.15) is 24.3 Å². The van der Waals surface area contributed by atoms with E-state index in [9.17, 15) is 19.7 Å². The maximum Gasteiger partial charge on any atom is 0.328 e. The van der Waals surface area contributed by atoms with E-state index in [0.717, 1.165) is 36.0 Å². The molecule has 0 aliphatic carbocycles. The van der Waals surface area contributed by atoms with Crippen LogP contribution in [-0.2, 0) is 6.54 Å². The van der Waals surface area contributed by atoms with Crippen molar-refractivity contribution in [1.29, 1.82) is 0 Å². The Hall–Kier alpha value is -3.72. The van der Waals surface area contributed by atoms with Gasteiger partial charge in [0.2, 0.25) is 0 Å². The van der Waals surface area contributed by atoms with Crippen molar-refractivity contribution in [3.8, 4) is 0 Å². The summed E-state index contributed by atoms with van der Waals surface area (Å²) in [7, 11) is 0. The lowest BCUT2D eigenvalue weighted by atomic mass is 9.89. The average molecular weight is 433 g/mol. The number of non-ortho nitro benzene ring substituents is 1. The number of nitro benzene ring substituents is 1. The molecule has 2 N–H and O–H groups in total. The van der Waals surface area contributed by atoms with Crippen LogP contribution in [0.15, 0.2) is 58.3 Å². The zero-order valence-corrected chi connectivity index (χ0v) is 17.4. The molecule has 164 valence electrons. The lowest BCUT2D eigenvalue weighted by Gasteiger charge is -2.32. The molecule has 1 saturated heterocycles. The number of benzene rings is 2.